The van der Waals surface area contributed by atoms with Crippen LogP contribution in [-0.4, -0.2) is 30.2 Å². The highest BCUT2D eigenvalue weighted by molar-refractivity contribution is 5.75. The van der Waals surface area contributed by atoms with E-state index >= 15 is 0 Å². The largest absolute Gasteiger partial charge is 0.393 e. The average Bonchev–Trinajstić information content (AvgIpc) is 2.52. The number of hydrogen-bond acceptors (Lipinski definition) is 3. The first-order chi connectivity index (χ1) is 10.6. The molecule has 0 spiro atoms. The molecule has 0 bridgehead atoms. The fourth-order valence-corrected chi connectivity index (χ4v) is 2.65. The molecule has 4 nitrogen and oxygen atoms in total. The van der Waals surface area contributed by atoms with Gasteiger partial charge in [0.05, 0.1) is 11.8 Å². The Morgan fingerprint density at radius 2 is 2.14 bits per heavy atom. The maximum Gasteiger partial charge on any atom is 0.220 e. The molecule has 1 saturated heterocycles. The molecular weight excluding hydrogens is 283 g/mol. The van der Waals surface area contributed by atoms with Gasteiger partial charge in [0.15, 0.2) is 0 Å². The van der Waals surface area contributed by atoms with Crippen molar-refractivity contribution in [2.24, 2.45) is 0 Å². The van der Waals surface area contributed by atoms with Gasteiger partial charge in [-0.1, -0.05) is 19.4 Å². The molecule has 0 radical (unpaired) electrons. The topological polar surface area (TPSA) is 52.6 Å². The van der Waals surface area contributed by atoms with E-state index in [9.17, 15) is 14.3 Å². The molecule has 0 saturated carbocycles. The van der Waals surface area contributed by atoms with Crippen LogP contribution in [0.4, 0.5) is 10.1 Å². The Morgan fingerprint density at radius 1 is 1.41 bits per heavy atom. The van der Waals surface area contributed by atoms with E-state index in [1.54, 1.807) is 6.07 Å². The molecule has 1 amide bonds. The zero-order valence-electron chi connectivity index (χ0n) is 13.1. The number of unbranched alkanes of at least 4 members (excludes halogenated alkanes) is 1. The average molecular weight is 308 g/mol. The normalized spacial score (nSPS) is 15.9. The molecule has 2 N–H and O–H groups in total. The minimum atomic E-state index is -0.267. The van der Waals surface area contributed by atoms with Gasteiger partial charge in [-0.25, -0.2) is 4.39 Å². The van der Waals surface area contributed by atoms with Crippen LogP contribution in [0.25, 0.3) is 0 Å². The number of nitrogens with zero attached hydrogens (tertiary/aromatic N) is 1. The van der Waals surface area contributed by atoms with Gasteiger partial charge in [-0.15, -0.1) is 0 Å². The highest BCUT2D eigenvalue weighted by Crippen LogP contribution is 2.24. The van der Waals surface area contributed by atoms with Crippen LogP contribution in [0, 0.1) is 5.82 Å². The first-order valence-electron chi connectivity index (χ1n) is 8.08. The summed E-state index contributed by atoms with van der Waals surface area (Å²) in [4.78, 5) is 13.5. The maximum atomic E-state index is 14.2. The molecule has 5 heteroatoms. The summed E-state index contributed by atoms with van der Waals surface area (Å²) in [5, 5.41) is 12.3. The van der Waals surface area contributed by atoms with Gasteiger partial charge >= 0.3 is 0 Å². The van der Waals surface area contributed by atoms with Gasteiger partial charge in [0.2, 0.25) is 5.91 Å². The van der Waals surface area contributed by atoms with E-state index in [0.29, 0.717) is 44.6 Å². The lowest BCUT2D eigenvalue weighted by Gasteiger charge is -2.31. The number of aliphatic hydroxyl groups is 1. The van der Waals surface area contributed by atoms with Crippen molar-refractivity contribution in [3.05, 3.63) is 29.6 Å². The molecular formula is C17H25FN2O2. The van der Waals surface area contributed by atoms with E-state index in [4.69, 9.17) is 0 Å². The molecule has 1 aliphatic heterocycles. The SMILES string of the molecule is CCCCC(=O)NCc1ccc(N2CCC(O)CC2)c(F)c1. The number of aliphatic hydroxyl groups excluding tert-OH is 1. The lowest BCUT2D eigenvalue weighted by atomic mass is 10.1. The minimum Gasteiger partial charge on any atom is -0.393 e. The lowest BCUT2D eigenvalue weighted by Crippen LogP contribution is -2.36. The fraction of sp³-hybridized carbons (Fsp3) is 0.588. The fourth-order valence-electron chi connectivity index (χ4n) is 2.65. The van der Waals surface area contributed by atoms with Crippen LogP contribution in [0.3, 0.4) is 0 Å². The van der Waals surface area contributed by atoms with Crippen LogP contribution in [0.5, 0.6) is 0 Å². The van der Waals surface area contributed by atoms with Crippen LogP contribution < -0.4 is 10.2 Å². The van der Waals surface area contributed by atoms with Crippen molar-refractivity contribution in [3.8, 4) is 0 Å². The van der Waals surface area contributed by atoms with Crippen molar-refractivity contribution in [1.82, 2.24) is 5.32 Å². The van der Waals surface area contributed by atoms with E-state index < -0.39 is 0 Å². The van der Waals surface area contributed by atoms with Gasteiger partial charge in [-0.2, -0.15) is 0 Å². The molecule has 1 aliphatic rings. The molecule has 122 valence electrons. The second-order valence-corrected chi connectivity index (χ2v) is 5.88. The van der Waals surface area contributed by atoms with Crippen molar-refractivity contribution in [1.29, 1.82) is 0 Å². The first kappa shape index (κ1) is 16.7. The van der Waals surface area contributed by atoms with E-state index in [-0.39, 0.29) is 17.8 Å². The van der Waals surface area contributed by atoms with Gasteiger partial charge in [0.25, 0.3) is 0 Å². The van der Waals surface area contributed by atoms with Crippen molar-refractivity contribution in [2.75, 3.05) is 18.0 Å². The highest BCUT2D eigenvalue weighted by atomic mass is 19.1. The van der Waals surface area contributed by atoms with Crippen LogP contribution >= 0.6 is 0 Å². The Morgan fingerprint density at radius 3 is 2.77 bits per heavy atom. The molecule has 0 atom stereocenters. The van der Waals surface area contributed by atoms with Crippen molar-refractivity contribution in [2.45, 2.75) is 51.7 Å². The summed E-state index contributed by atoms with van der Waals surface area (Å²) in [6.45, 7) is 3.75. The van der Waals surface area contributed by atoms with Gasteiger partial charge in [-0.3, -0.25) is 4.79 Å². The second kappa shape index (κ2) is 8.13. The summed E-state index contributed by atoms with van der Waals surface area (Å²) >= 11 is 0. The number of rotatable bonds is 6. The van der Waals surface area contributed by atoms with E-state index in [0.717, 1.165) is 18.4 Å². The standard InChI is InChI=1S/C17H25FN2O2/c1-2-3-4-17(22)19-12-13-5-6-16(15(18)11-13)20-9-7-14(21)8-10-20/h5-6,11,14,21H,2-4,7-10,12H2,1H3,(H,19,22). The number of benzene rings is 1. The lowest BCUT2D eigenvalue weighted by molar-refractivity contribution is -0.121. The number of hydrogen-bond donors (Lipinski definition) is 2. The van der Waals surface area contributed by atoms with E-state index in [2.05, 4.69) is 5.32 Å². The number of anilines is 1. The Kier molecular flexibility index (Phi) is 6.19. The van der Waals surface area contributed by atoms with Crippen molar-refractivity contribution >= 4 is 11.6 Å². The van der Waals surface area contributed by atoms with Crippen molar-refractivity contribution in [3.63, 3.8) is 0 Å². The maximum absolute atomic E-state index is 14.2. The van der Waals surface area contributed by atoms with Crippen molar-refractivity contribution < 1.29 is 14.3 Å². The summed E-state index contributed by atoms with van der Waals surface area (Å²) in [6, 6.07) is 5.10. The van der Waals surface area contributed by atoms with Crippen LogP contribution in [0.2, 0.25) is 0 Å². The van der Waals surface area contributed by atoms with Crippen LogP contribution in [-0.2, 0) is 11.3 Å². The predicted molar refractivity (Wildman–Crippen MR) is 85.2 cm³/mol. The quantitative estimate of drug-likeness (QED) is 0.849. The molecule has 22 heavy (non-hydrogen) atoms. The summed E-state index contributed by atoms with van der Waals surface area (Å²) in [7, 11) is 0. The molecule has 1 aromatic rings. The Bertz CT molecular complexity index is 499. The van der Waals surface area contributed by atoms with Crippen LogP contribution in [0.15, 0.2) is 18.2 Å². The Labute approximate surface area is 131 Å². The third-order valence-electron chi connectivity index (χ3n) is 4.06. The zero-order chi connectivity index (χ0) is 15.9. The van der Waals surface area contributed by atoms with E-state index in [1.165, 1.54) is 6.07 Å². The van der Waals surface area contributed by atoms with Gasteiger partial charge in [0.1, 0.15) is 5.82 Å². The summed E-state index contributed by atoms with van der Waals surface area (Å²) in [6.07, 6.45) is 3.47. The summed E-state index contributed by atoms with van der Waals surface area (Å²) < 4.78 is 14.2. The second-order valence-electron chi connectivity index (χ2n) is 5.88. The summed E-state index contributed by atoms with van der Waals surface area (Å²) in [5.41, 5.74) is 1.34. The predicted octanol–water partition coefficient (Wildman–Crippen LogP) is 2.59. The minimum absolute atomic E-state index is 0.0105. The molecule has 0 aromatic heterocycles. The zero-order valence-corrected chi connectivity index (χ0v) is 13.1. The first-order valence-corrected chi connectivity index (χ1v) is 8.08. The van der Waals surface area contributed by atoms with Crippen LogP contribution in [0.1, 0.15) is 44.6 Å². The Balaban J connectivity index is 1.90. The van der Waals surface area contributed by atoms with Gasteiger partial charge in [-0.05, 0) is 37.0 Å². The smallest absolute Gasteiger partial charge is 0.220 e. The molecule has 0 aliphatic carbocycles. The number of carbonyl (C=O) groups is 1. The number of piperidine rings is 1. The molecule has 1 aromatic carbocycles. The monoisotopic (exact) mass is 308 g/mol. The van der Waals surface area contributed by atoms with Gasteiger partial charge in [0, 0.05) is 26.1 Å². The third-order valence-corrected chi connectivity index (χ3v) is 4.06. The molecule has 0 unspecified atom stereocenters. The van der Waals surface area contributed by atoms with Gasteiger partial charge < -0.3 is 15.3 Å². The number of nitrogens with one attached hydrogen (secondary N) is 1. The number of carbonyl (C=O) groups excluding carboxylic acids is 1. The van der Waals surface area contributed by atoms with E-state index in [1.807, 2.05) is 17.9 Å². The summed E-state index contributed by atoms with van der Waals surface area (Å²) in [5.74, 6) is -0.256. The molecule has 1 heterocycles. The molecule has 2 rings (SSSR count). The number of halogens is 1. The Hall–Kier alpha value is -1.62. The third kappa shape index (κ3) is 4.70. The molecule has 1 fully saturated rings. The highest BCUT2D eigenvalue weighted by Gasteiger charge is 2.19. The number of amides is 1.